The minimum Gasteiger partial charge on any atom is -0.385 e. The Balaban J connectivity index is 2.21. The van der Waals surface area contributed by atoms with Crippen LogP contribution in [0.1, 0.15) is 52.0 Å². The Morgan fingerprint density at radius 2 is 2.11 bits per heavy atom. The molecule has 19 heavy (non-hydrogen) atoms. The van der Waals surface area contributed by atoms with Crippen molar-refractivity contribution in [2.75, 3.05) is 23.3 Å². The summed E-state index contributed by atoms with van der Waals surface area (Å²) in [5, 5.41) is 3.54. The molecule has 0 unspecified atom stereocenters. The molecule has 1 aliphatic rings. The first-order valence-corrected chi connectivity index (χ1v) is 7.86. The molecule has 106 valence electrons. The van der Waals surface area contributed by atoms with E-state index in [1.807, 2.05) is 0 Å². The quantitative estimate of drug-likeness (QED) is 0.760. The molecule has 0 bridgehead atoms. The van der Waals surface area contributed by atoms with E-state index >= 15 is 0 Å². The van der Waals surface area contributed by atoms with E-state index in [9.17, 15) is 0 Å². The Hall–Kier alpha value is -1.18. The van der Waals surface area contributed by atoms with Gasteiger partial charge in [0.25, 0.3) is 0 Å². The smallest absolute Gasteiger partial charge is 0.0421 e. The standard InChI is InChI=1S/C17H28N2/c1-4-5-6-13-19(14(2)3)17-11-7-10-16-15(17)9-8-12-18-16/h7,10-11,14,18H,4-6,8-9,12-13H2,1-3H3. The number of nitrogens with zero attached hydrogens (tertiary/aromatic N) is 1. The zero-order valence-electron chi connectivity index (χ0n) is 12.7. The Bertz CT molecular complexity index is 398. The lowest BCUT2D eigenvalue weighted by Crippen LogP contribution is -2.33. The molecular formula is C17H28N2. The van der Waals surface area contributed by atoms with E-state index in [0.717, 1.165) is 6.54 Å². The Labute approximate surface area is 118 Å². The molecule has 1 aromatic carbocycles. The Morgan fingerprint density at radius 3 is 2.84 bits per heavy atom. The first kappa shape index (κ1) is 14.2. The van der Waals surface area contributed by atoms with Gasteiger partial charge in [-0.3, -0.25) is 0 Å². The average molecular weight is 260 g/mol. The second kappa shape index (κ2) is 6.83. The lowest BCUT2D eigenvalue weighted by molar-refractivity contribution is 0.622. The molecule has 2 nitrogen and oxygen atoms in total. The number of rotatable bonds is 6. The maximum atomic E-state index is 3.54. The van der Waals surface area contributed by atoms with Crippen LogP contribution in [0.4, 0.5) is 11.4 Å². The van der Waals surface area contributed by atoms with E-state index in [4.69, 9.17) is 0 Å². The second-order valence-corrected chi connectivity index (χ2v) is 5.83. The van der Waals surface area contributed by atoms with Gasteiger partial charge < -0.3 is 10.2 Å². The van der Waals surface area contributed by atoms with Crippen LogP contribution in [0.2, 0.25) is 0 Å². The number of hydrogen-bond donors (Lipinski definition) is 1. The monoisotopic (exact) mass is 260 g/mol. The maximum absolute atomic E-state index is 3.54. The summed E-state index contributed by atoms with van der Waals surface area (Å²) >= 11 is 0. The molecule has 0 spiro atoms. The van der Waals surface area contributed by atoms with Crippen molar-refractivity contribution >= 4 is 11.4 Å². The topological polar surface area (TPSA) is 15.3 Å². The third kappa shape index (κ3) is 3.43. The third-order valence-corrected chi connectivity index (χ3v) is 4.01. The SMILES string of the molecule is CCCCCN(c1cccc2c1CCCN2)C(C)C. The molecule has 2 heteroatoms. The lowest BCUT2D eigenvalue weighted by Gasteiger charge is -2.33. The van der Waals surface area contributed by atoms with Gasteiger partial charge in [-0.2, -0.15) is 0 Å². The highest BCUT2D eigenvalue weighted by atomic mass is 15.2. The molecule has 1 N–H and O–H groups in total. The second-order valence-electron chi connectivity index (χ2n) is 5.83. The van der Waals surface area contributed by atoms with E-state index in [0.29, 0.717) is 6.04 Å². The number of fused-ring (bicyclic) bond motifs is 1. The molecule has 0 saturated heterocycles. The summed E-state index contributed by atoms with van der Waals surface area (Å²) in [6.07, 6.45) is 6.39. The van der Waals surface area contributed by atoms with E-state index in [-0.39, 0.29) is 0 Å². The van der Waals surface area contributed by atoms with E-state index in [1.165, 1.54) is 55.6 Å². The van der Waals surface area contributed by atoms with Crippen LogP contribution in [-0.2, 0) is 6.42 Å². The predicted octanol–water partition coefficient (Wildman–Crippen LogP) is 4.45. The van der Waals surface area contributed by atoms with Crippen molar-refractivity contribution in [1.29, 1.82) is 0 Å². The first-order valence-electron chi connectivity index (χ1n) is 7.86. The summed E-state index contributed by atoms with van der Waals surface area (Å²) in [6.45, 7) is 9.19. The van der Waals surface area contributed by atoms with E-state index in [2.05, 4.69) is 49.2 Å². The average Bonchev–Trinajstić information content (AvgIpc) is 2.43. The van der Waals surface area contributed by atoms with Crippen LogP contribution in [0, 0.1) is 0 Å². The van der Waals surface area contributed by atoms with E-state index < -0.39 is 0 Å². The molecule has 0 fully saturated rings. The van der Waals surface area contributed by atoms with Crippen molar-refractivity contribution in [3.05, 3.63) is 23.8 Å². The molecule has 0 atom stereocenters. The normalized spacial score (nSPS) is 14.1. The fraction of sp³-hybridized carbons (Fsp3) is 0.647. The molecule has 0 aromatic heterocycles. The van der Waals surface area contributed by atoms with Gasteiger partial charge >= 0.3 is 0 Å². The highest BCUT2D eigenvalue weighted by Crippen LogP contribution is 2.32. The number of anilines is 2. The van der Waals surface area contributed by atoms with Crippen molar-refractivity contribution in [2.45, 2.75) is 58.9 Å². The molecule has 2 rings (SSSR count). The van der Waals surface area contributed by atoms with Gasteiger partial charge in [0, 0.05) is 30.5 Å². The van der Waals surface area contributed by atoms with Gasteiger partial charge in [0.1, 0.15) is 0 Å². The first-order chi connectivity index (χ1) is 9.24. The van der Waals surface area contributed by atoms with Crippen molar-refractivity contribution in [2.24, 2.45) is 0 Å². The van der Waals surface area contributed by atoms with Crippen LogP contribution in [0.25, 0.3) is 0 Å². The highest BCUT2D eigenvalue weighted by molar-refractivity contribution is 5.68. The van der Waals surface area contributed by atoms with Crippen LogP contribution in [0.15, 0.2) is 18.2 Å². The van der Waals surface area contributed by atoms with Gasteiger partial charge in [0.2, 0.25) is 0 Å². The van der Waals surface area contributed by atoms with Crippen molar-refractivity contribution in [1.82, 2.24) is 0 Å². The van der Waals surface area contributed by atoms with Crippen molar-refractivity contribution in [3.8, 4) is 0 Å². The van der Waals surface area contributed by atoms with E-state index in [1.54, 1.807) is 0 Å². The maximum Gasteiger partial charge on any atom is 0.0421 e. The van der Waals surface area contributed by atoms with Crippen LogP contribution < -0.4 is 10.2 Å². The molecular weight excluding hydrogens is 232 g/mol. The summed E-state index contributed by atoms with van der Waals surface area (Å²) in [4.78, 5) is 2.58. The minimum absolute atomic E-state index is 0.574. The van der Waals surface area contributed by atoms with Gasteiger partial charge in [0.15, 0.2) is 0 Å². The molecule has 1 heterocycles. The number of nitrogens with one attached hydrogen (secondary N) is 1. The van der Waals surface area contributed by atoms with Crippen molar-refractivity contribution < 1.29 is 0 Å². The minimum atomic E-state index is 0.574. The molecule has 0 radical (unpaired) electrons. The molecule has 0 aliphatic carbocycles. The van der Waals surface area contributed by atoms with Crippen LogP contribution in [0.5, 0.6) is 0 Å². The molecule has 0 saturated carbocycles. The molecule has 1 aromatic rings. The summed E-state index contributed by atoms with van der Waals surface area (Å²) in [5.74, 6) is 0. The Morgan fingerprint density at radius 1 is 1.26 bits per heavy atom. The van der Waals surface area contributed by atoms with Gasteiger partial charge in [-0.1, -0.05) is 25.8 Å². The number of benzene rings is 1. The van der Waals surface area contributed by atoms with Gasteiger partial charge in [-0.05, 0) is 50.8 Å². The summed E-state index contributed by atoms with van der Waals surface area (Å²) < 4.78 is 0. The van der Waals surface area contributed by atoms with Gasteiger partial charge in [-0.25, -0.2) is 0 Å². The zero-order valence-corrected chi connectivity index (χ0v) is 12.7. The van der Waals surface area contributed by atoms with Gasteiger partial charge in [0.05, 0.1) is 0 Å². The molecule has 0 amide bonds. The number of hydrogen-bond acceptors (Lipinski definition) is 2. The van der Waals surface area contributed by atoms with Crippen LogP contribution in [-0.4, -0.2) is 19.1 Å². The molecule has 1 aliphatic heterocycles. The largest absolute Gasteiger partial charge is 0.385 e. The van der Waals surface area contributed by atoms with Crippen LogP contribution in [0.3, 0.4) is 0 Å². The third-order valence-electron chi connectivity index (χ3n) is 4.01. The van der Waals surface area contributed by atoms with Crippen LogP contribution >= 0.6 is 0 Å². The summed E-state index contributed by atoms with van der Waals surface area (Å²) in [6, 6.07) is 7.30. The fourth-order valence-electron chi connectivity index (χ4n) is 2.95. The number of unbranched alkanes of at least 4 members (excludes halogenated alkanes) is 2. The lowest BCUT2D eigenvalue weighted by atomic mass is 9.99. The Kier molecular flexibility index (Phi) is 5.12. The zero-order chi connectivity index (χ0) is 13.7. The summed E-state index contributed by atoms with van der Waals surface area (Å²) in [5.41, 5.74) is 4.33. The highest BCUT2D eigenvalue weighted by Gasteiger charge is 2.18. The predicted molar refractivity (Wildman–Crippen MR) is 85.3 cm³/mol. The van der Waals surface area contributed by atoms with Crippen molar-refractivity contribution in [3.63, 3.8) is 0 Å². The fourth-order valence-corrected chi connectivity index (χ4v) is 2.95. The van der Waals surface area contributed by atoms with Gasteiger partial charge in [-0.15, -0.1) is 0 Å². The summed E-state index contributed by atoms with van der Waals surface area (Å²) in [7, 11) is 0.